The van der Waals surface area contributed by atoms with Crippen molar-refractivity contribution < 1.29 is 41.0 Å². The van der Waals surface area contributed by atoms with E-state index in [0.29, 0.717) is 0 Å². The van der Waals surface area contributed by atoms with Crippen molar-refractivity contribution in [1.29, 1.82) is 0 Å². The molecule has 0 saturated heterocycles. The topological polar surface area (TPSA) is 59.4 Å². The number of alkyl halides is 6. The Bertz CT molecular complexity index is 453. The lowest BCUT2D eigenvalue weighted by Gasteiger charge is -2.22. The molecule has 0 atom stereocenters. The van der Waals surface area contributed by atoms with Crippen LogP contribution < -0.4 is 0 Å². The molecule has 0 unspecified atom stereocenters. The number of aromatic carboxylic acids is 1. The quantitative estimate of drug-likeness (QED) is 0.869. The van der Waals surface area contributed by atoms with E-state index in [1.165, 1.54) is 0 Å². The Balaban J connectivity index is 2.76. The maximum atomic E-state index is 12.1. The molecular weight excluding hydrogens is 296 g/mol. The van der Waals surface area contributed by atoms with Crippen LogP contribution in [0.2, 0.25) is 0 Å². The van der Waals surface area contributed by atoms with Crippen LogP contribution in [-0.4, -0.2) is 34.5 Å². The lowest BCUT2D eigenvalue weighted by molar-refractivity contribution is -0.324. The highest BCUT2D eigenvalue weighted by molar-refractivity contribution is 5.87. The van der Waals surface area contributed by atoms with E-state index in [0.717, 1.165) is 18.3 Å². The minimum absolute atomic E-state index is 0.253. The van der Waals surface area contributed by atoms with E-state index in [2.05, 4.69) is 9.72 Å². The van der Waals surface area contributed by atoms with Crippen molar-refractivity contribution in [2.45, 2.75) is 25.1 Å². The molecule has 1 rings (SSSR count). The molecule has 0 aromatic carbocycles. The number of ether oxygens (including phenoxy) is 1. The van der Waals surface area contributed by atoms with E-state index < -0.39 is 31.0 Å². The zero-order valence-electron chi connectivity index (χ0n) is 9.50. The van der Waals surface area contributed by atoms with Crippen molar-refractivity contribution in [1.82, 2.24) is 4.98 Å². The molecule has 1 aromatic rings. The number of carbonyl (C=O) groups is 1. The van der Waals surface area contributed by atoms with Gasteiger partial charge in [0.1, 0.15) is 0 Å². The molecule has 0 spiro atoms. The zero-order valence-corrected chi connectivity index (χ0v) is 9.50. The number of pyridine rings is 1. The summed E-state index contributed by atoms with van der Waals surface area (Å²) in [4.78, 5) is 13.9. The van der Waals surface area contributed by atoms with E-state index in [-0.39, 0.29) is 11.3 Å². The number of carboxylic acids is 1. The van der Waals surface area contributed by atoms with Crippen molar-refractivity contribution in [3.63, 3.8) is 0 Å². The standard InChI is InChI=1S/C10H7F6NO3/c11-9(12,13)8(10(14,15)16)20-4-6-2-1-5(3-17-6)7(18)19/h1-3,8H,4H2,(H,18,19). The number of rotatable bonds is 4. The monoisotopic (exact) mass is 303 g/mol. The van der Waals surface area contributed by atoms with E-state index >= 15 is 0 Å². The molecule has 0 aliphatic carbocycles. The molecule has 4 nitrogen and oxygen atoms in total. The number of nitrogens with zero attached hydrogens (tertiary/aromatic N) is 1. The summed E-state index contributed by atoms with van der Waals surface area (Å²) in [5, 5.41) is 8.54. The van der Waals surface area contributed by atoms with Crippen LogP contribution in [0.4, 0.5) is 26.3 Å². The lowest BCUT2D eigenvalue weighted by Crippen LogP contribution is -2.44. The van der Waals surface area contributed by atoms with Gasteiger partial charge < -0.3 is 9.84 Å². The Morgan fingerprint density at radius 2 is 1.75 bits per heavy atom. The predicted octanol–water partition coefficient (Wildman–Crippen LogP) is 2.79. The van der Waals surface area contributed by atoms with Crippen molar-refractivity contribution in [3.05, 3.63) is 29.6 Å². The average molecular weight is 303 g/mol. The van der Waals surface area contributed by atoms with Gasteiger partial charge in [-0.25, -0.2) is 4.79 Å². The Labute approximate surface area is 108 Å². The third kappa shape index (κ3) is 4.37. The summed E-state index contributed by atoms with van der Waals surface area (Å²) in [7, 11) is 0. The lowest BCUT2D eigenvalue weighted by atomic mass is 10.2. The largest absolute Gasteiger partial charge is 0.478 e. The molecule has 1 heterocycles. The van der Waals surface area contributed by atoms with Gasteiger partial charge in [-0.3, -0.25) is 4.98 Å². The van der Waals surface area contributed by atoms with Gasteiger partial charge in [0.25, 0.3) is 0 Å². The molecule has 1 aromatic heterocycles. The molecule has 112 valence electrons. The van der Waals surface area contributed by atoms with Crippen molar-refractivity contribution in [2.24, 2.45) is 0 Å². The molecule has 0 bridgehead atoms. The van der Waals surface area contributed by atoms with Crippen LogP contribution in [0.1, 0.15) is 16.1 Å². The Morgan fingerprint density at radius 3 is 2.10 bits per heavy atom. The minimum Gasteiger partial charge on any atom is -0.478 e. The van der Waals surface area contributed by atoms with Gasteiger partial charge in [0, 0.05) is 6.20 Å². The highest BCUT2D eigenvalue weighted by atomic mass is 19.4. The number of halogens is 6. The Hall–Kier alpha value is -1.84. The van der Waals surface area contributed by atoms with Gasteiger partial charge in [-0.05, 0) is 12.1 Å². The summed E-state index contributed by atoms with van der Waals surface area (Å²) in [5.41, 5.74) is -0.509. The number of hydrogen-bond acceptors (Lipinski definition) is 3. The van der Waals surface area contributed by atoms with Crippen LogP contribution >= 0.6 is 0 Å². The van der Waals surface area contributed by atoms with Gasteiger partial charge >= 0.3 is 18.3 Å². The third-order valence-corrected chi connectivity index (χ3v) is 2.06. The van der Waals surface area contributed by atoms with E-state index in [4.69, 9.17) is 5.11 Å². The Morgan fingerprint density at radius 1 is 1.20 bits per heavy atom. The number of hydrogen-bond donors (Lipinski definition) is 1. The molecule has 20 heavy (non-hydrogen) atoms. The second kappa shape index (κ2) is 5.65. The van der Waals surface area contributed by atoms with Gasteiger partial charge in [0.05, 0.1) is 17.9 Å². The first-order valence-electron chi connectivity index (χ1n) is 4.95. The zero-order chi connectivity index (χ0) is 15.6. The Kier molecular flexibility index (Phi) is 4.58. The molecule has 0 aliphatic rings. The van der Waals surface area contributed by atoms with E-state index in [9.17, 15) is 31.1 Å². The first kappa shape index (κ1) is 16.2. The molecule has 0 aliphatic heterocycles. The summed E-state index contributed by atoms with van der Waals surface area (Å²) in [6.07, 6.45) is -14.3. The first-order chi connectivity index (χ1) is 9.01. The molecule has 0 saturated carbocycles. The van der Waals surface area contributed by atoms with Gasteiger partial charge in [-0.1, -0.05) is 0 Å². The molecule has 0 radical (unpaired) electrons. The minimum atomic E-state index is -5.60. The van der Waals surface area contributed by atoms with Crippen LogP contribution in [0, 0.1) is 0 Å². The second-order valence-electron chi connectivity index (χ2n) is 3.62. The molecule has 1 N–H and O–H groups in total. The fraction of sp³-hybridized carbons (Fsp3) is 0.400. The summed E-state index contributed by atoms with van der Waals surface area (Å²) in [5.74, 6) is -1.33. The fourth-order valence-electron chi connectivity index (χ4n) is 1.18. The summed E-state index contributed by atoms with van der Waals surface area (Å²) in [6.45, 7) is -1.05. The summed E-state index contributed by atoms with van der Waals surface area (Å²) in [6, 6.07) is 1.96. The van der Waals surface area contributed by atoms with Crippen LogP contribution in [0.15, 0.2) is 18.3 Å². The first-order valence-corrected chi connectivity index (χ1v) is 4.95. The van der Waals surface area contributed by atoms with E-state index in [1.807, 2.05) is 0 Å². The highest BCUT2D eigenvalue weighted by Gasteiger charge is 2.57. The smallest absolute Gasteiger partial charge is 0.423 e. The summed E-state index contributed by atoms with van der Waals surface area (Å²) < 4.78 is 76.7. The van der Waals surface area contributed by atoms with Gasteiger partial charge in [-0.2, -0.15) is 26.3 Å². The van der Waals surface area contributed by atoms with Gasteiger partial charge in [0.2, 0.25) is 6.10 Å². The predicted molar refractivity (Wildman–Crippen MR) is 51.9 cm³/mol. The van der Waals surface area contributed by atoms with Crippen LogP contribution in [0.3, 0.4) is 0 Å². The number of carboxylic acid groups (broad SMARTS) is 1. The number of aromatic nitrogens is 1. The molecular formula is C10H7F6NO3. The molecule has 0 amide bonds. The van der Waals surface area contributed by atoms with E-state index in [1.54, 1.807) is 0 Å². The second-order valence-corrected chi connectivity index (χ2v) is 3.62. The van der Waals surface area contributed by atoms with Gasteiger partial charge in [0.15, 0.2) is 0 Å². The molecule has 0 fully saturated rings. The normalized spacial score (nSPS) is 12.8. The van der Waals surface area contributed by atoms with Crippen molar-refractivity contribution in [3.8, 4) is 0 Å². The maximum Gasteiger partial charge on any atom is 0.423 e. The SMILES string of the molecule is O=C(O)c1ccc(COC(C(F)(F)F)C(F)(F)F)nc1. The van der Waals surface area contributed by atoms with Crippen LogP contribution in [0.25, 0.3) is 0 Å². The van der Waals surface area contributed by atoms with Crippen molar-refractivity contribution >= 4 is 5.97 Å². The molecule has 10 heteroatoms. The van der Waals surface area contributed by atoms with Crippen LogP contribution in [0.5, 0.6) is 0 Å². The summed E-state index contributed by atoms with van der Waals surface area (Å²) >= 11 is 0. The van der Waals surface area contributed by atoms with Crippen molar-refractivity contribution in [2.75, 3.05) is 0 Å². The average Bonchev–Trinajstić information content (AvgIpc) is 2.26. The third-order valence-electron chi connectivity index (χ3n) is 2.06. The van der Waals surface area contributed by atoms with Gasteiger partial charge in [-0.15, -0.1) is 0 Å². The van der Waals surface area contributed by atoms with Crippen LogP contribution in [-0.2, 0) is 11.3 Å². The fourth-order valence-corrected chi connectivity index (χ4v) is 1.18. The highest BCUT2D eigenvalue weighted by Crippen LogP contribution is 2.36. The maximum absolute atomic E-state index is 12.1.